The van der Waals surface area contributed by atoms with Crippen LogP contribution in [0.5, 0.6) is 0 Å². The molecule has 2 atom stereocenters. The Labute approximate surface area is 120 Å². The Bertz CT molecular complexity index is 218. The molecule has 2 saturated carbocycles. The molecule has 2 aliphatic rings. The summed E-state index contributed by atoms with van der Waals surface area (Å²) in [5.41, 5.74) is 0. The molecule has 19 heavy (non-hydrogen) atoms. The van der Waals surface area contributed by atoms with Crippen molar-refractivity contribution in [3.8, 4) is 0 Å². The van der Waals surface area contributed by atoms with Gasteiger partial charge in [0.05, 0.1) is 0 Å². The van der Waals surface area contributed by atoms with Crippen molar-refractivity contribution in [1.82, 2.24) is 5.32 Å². The van der Waals surface area contributed by atoms with Crippen LogP contribution in [0.2, 0.25) is 0 Å². The second-order valence-electron chi connectivity index (χ2n) is 7.07. The van der Waals surface area contributed by atoms with E-state index in [0.717, 1.165) is 18.0 Å². The van der Waals surface area contributed by atoms with Crippen LogP contribution in [0.3, 0.4) is 0 Å². The molecule has 2 rings (SSSR count). The van der Waals surface area contributed by atoms with Gasteiger partial charge in [0.1, 0.15) is 0 Å². The van der Waals surface area contributed by atoms with Gasteiger partial charge >= 0.3 is 0 Å². The van der Waals surface area contributed by atoms with Crippen LogP contribution in [-0.2, 0) is 0 Å². The van der Waals surface area contributed by atoms with Crippen LogP contribution < -0.4 is 5.32 Å². The third-order valence-corrected chi connectivity index (χ3v) is 5.36. The van der Waals surface area contributed by atoms with E-state index in [0.29, 0.717) is 0 Å². The van der Waals surface area contributed by atoms with Crippen LogP contribution in [0.4, 0.5) is 0 Å². The normalized spacial score (nSPS) is 31.4. The fourth-order valence-electron chi connectivity index (χ4n) is 4.20. The number of rotatable bonds is 4. The van der Waals surface area contributed by atoms with Gasteiger partial charge < -0.3 is 5.32 Å². The molecular formula is C18H35N. The van der Waals surface area contributed by atoms with Crippen molar-refractivity contribution in [2.45, 2.75) is 109 Å². The fraction of sp³-hybridized carbons (Fsp3) is 1.00. The molecule has 0 heterocycles. The van der Waals surface area contributed by atoms with Crippen molar-refractivity contribution in [1.29, 1.82) is 0 Å². The Hall–Kier alpha value is -0.0400. The van der Waals surface area contributed by atoms with Crippen molar-refractivity contribution in [3.05, 3.63) is 0 Å². The van der Waals surface area contributed by atoms with E-state index in [1.807, 2.05) is 0 Å². The van der Waals surface area contributed by atoms with Gasteiger partial charge in [-0.3, -0.25) is 0 Å². The highest BCUT2D eigenvalue weighted by Gasteiger charge is 2.21. The molecule has 0 bridgehead atoms. The lowest BCUT2D eigenvalue weighted by Gasteiger charge is -2.26. The summed E-state index contributed by atoms with van der Waals surface area (Å²) in [5, 5.41) is 4.03. The molecule has 0 spiro atoms. The minimum Gasteiger partial charge on any atom is -0.311 e. The third-order valence-electron chi connectivity index (χ3n) is 5.36. The lowest BCUT2D eigenvalue weighted by molar-refractivity contribution is 0.330. The maximum Gasteiger partial charge on any atom is 0.00697 e. The molecule has 1 N–H and O–H groups in total. The maximum atomic E-state index is 4.03. The SMILES string of the molecule is CCCC1CCCC(NC2CCCCCCC2)CC1. The molecule has 0 aromatic heterocycles. The molecule has 0 aliphatic heterocycles. The van der Waals surface area contributed by atoms with Crippen molar-refractivity contribution in [2.75, 3.05) is 0 Å². The molecule has 0 saturated heterocycles. The first kappa shape index (κ1) is 15.4. The van der Waals surface area contributed by atoms with Crippen molar-refractivity contribution < 1.29 is 0 Å². The van der Waals surface area contributed by atoms with E-state index in [2.05, 4.69) is 12.2 Å². The summed E-state index contributed by atoms with van der Waals surface area (Å²) in [6.45, 7) is 2.34. The van der Waals surface area contributed by atoms with Gasteiger partial charge in [0, 0.05) is 12.1 Å². The molecule has 0 aromatic carbocycles. The average molecular weight is 265 g/mol. The molecule has 0 amide bonds. The van der Waals surface area contributed by atoms with E-state index in [-0.39, 0.29) is 0 Å². The standard InChI is InChI=1S/C18H35N/c1-2-9-16-10-8-13-18(15-14-16)19-17-11-6-4-3-5-7-12-17/h16-19H,2-15H2,1H3. The minimum atomic E-state index is 0.839. The Morgan fingerprint density at radius 1 is 0.684 bits per heavy atom. The average Bonchev–Trinajstić information content (AvgIpc) is 2.59. The smallest absolute Gasteiger partial charge is 0.00697 e. The summed E-state index contributed by atoms with van der Waals surface area (Å²) in [4.78, 5) is 0. The summed E-state index contributed by atoms with van der Waals surface area (Å²) in [6, 6.07) is 1.68. The second-order valence-corrected chi connectivity index (χ2v) is 7.07. The van der Waals surface area contributed by atoms with Gasteiger partial charge in [0.15, 0.2) is 0 Å². The monoisotopic (exact) mass is 265 g/mol. The van der Waals surface area contributed by atoms with E-state index >= 15 is 0 Å². The topological polar surface area (TPSA) is 12.0 Å². The predicted molar refractivity (Wildman–Crippen MR) is 84.5 cm³/mol. The lowest BCUT2D eigenvalue weighted by Crippen LogP contribution is -2.38. The van der Waals surface area contributed by atoms with E-state index in [9.17, 15) is 0 Å². The van der Waals surface area contributed by atoms with Gasteiger partial charge in [0.25, 0.3) is 0 Å². The molecule has 2 fully saturated rings. The summed E-state index contributed by atoms with van der Waals surface area (Å²) < 4.78 is 0. The van der Waals surface area contributed by atoms with Gasteiger partial charge in [-0.2, -0.15) is 0 Å². The Balaban J connectivity index is 1.71. The van der Waals surface area contributed by atoms with Crippen LogP contribution in [0.25, 0.3) is 0 Å². The fourth-order valence-corrected chi connectivity index (χ4v) is 4.20. The first-order valence-corrected chi connectivity index (χ1v) is 9.14. The zero-order valence-corrected chi connectivity index (χ0v) is 13.1. The van der Waals surface area contributed by atoms with E-state index in [1.54, 1.807) is 0 Å². The number of hydrogen-bond acceptors (Lipinski definition) is 1. The van der Waals surface area contributed by atoms with Crippen LogP contribution in [0, 0.1) is 5.92 Å². The molecule has 2 unspecified atom stereocenters. The van der Waals surface area contributed by atoms with Gasteiger partial charge in [0.2, 0.25) is 0 Å². The first-order valence-electron chi connectivity index (χ1n) is 9.14. The molecule has 1 nitrogen and oxygen atoms in total. The van der Waals surface area contributed by atoms with Crippen molar-refractivity contribution in [3.63, 3.8) is 0 Å². The largest absolute Gasteiger partial charge is 0.311 e. The molecule has 112 valence electrons. The molecule has 1 heteroatoms. The molecular weight excluding hydrogens is 230 g/mol. The van der Waals surface area contributed by atoms with Crippen molar-refractivity contribution in [2.24, 2.45) is 5.92 Å². The third kappa shape index (κ3) is 5.85. The van der Waals surface area contributed by atoms with E-state index in [4.69, 9.17) is 0 Å². The molecule has 2 aliphatic carbocycles. The zero-order valence-electron chi connectivity index (χ0n) is 13.1. The van der Waals surface area contributed by atoms with Gasteiger partial charge in [-0.15, -0.1) is 0 Å². The van der Waals surface area contributed by atoms with Gasteiger partial charge in [-0.25, -0.2) is 0 Å². The zero-order chi connectivity index (χ0) is 13.3. The molecule has 0 aromatic rings. The second kappa shape index (κ2) is 9.00. The van der Waals surface area contributed by atoms with Crippen molar-refractivity contribution >= 4 is 0 Å². The maximum absolute atomic E-state index is 4.03. The summed E-state index contributed by atoms with van der Waals surface area (Å²) in [7, 11) is 0. The van der Waals surface area contributed by atoms with Crippen LogP contribution >= 0.6 is 0 Å². The summed E-state index contributed by atoms with van der Waals surface area (Å²) in [5.74, 6) is 1.04. The number of nitrogens with one attached hydrogen (secondary N) is 1. The Morgan fingerprint density at radius 2 is 1.32 bits per heavy atom. The van der Waals surface area contributed by atoms with E-state index < -0.39 is 0 Å². The van der Waals surface area contributed by atoms with Crippen LogP contribution in [0.15, 0.2) is 0 Å². The Kier molecular flexibility index (Phi) is 7.27. The highest BCUT2D eigenvalue weighted by atomic mass is 14.9. The summed E-state index contributed by atoms with van der Waals surface area (Å²) >= 11 is 0. The molecule has 0 radical (unpaired) electrons. The predicted octanol–water partition coefficient (Wildman–Crippen LogP) is 5.44. The first-order chi connectivity index (χ1) is 9.38. The lowest BCUT2D eigenvalue weighted by atomic mass is 9.94. The minimum absolute atomic E-state index is 0.839. The summed E-state index contributed by atoms with van der Waals surface area (Å²) in [6.07, 6.45) is 20.4. The van der Waals surface area contributed by atoms with Crippen LogP contribution in [-0.4, -0.2) is 12.1 Å². The number of hydrogen-bond donors (Lipinski definition) is 1. The highest BCUT2D eigenvalue weighted by Crippen LogP contribution is 2.27. The Morgan fingerprint density at radius 3 is 2.05 bits per heavy atom. The van der Waals surface area contributed by atoms with Gasteiger partial charge in [-0.05, 0) is 38.0 Å². The highest BCUT2D eigenvalue weighted by molar-refractivity contribution is 4.79. The quantitative estimate of drug-likeness (QED) is 0.668. The van der Waals surface area contributed by atoms with Gasteiger partial charge in [-0.1, -0.05) is 64.7 Å². The van der Waals surface area contributed by atoms with Crippen LogP contribution in [0.1, 0.15) is 96.8 Å². The van der Waals surface area contributed by atoms with E-state index in [1.165, 1.54) is 89.9 Å².